The van der Waals surface area contributed by atoms with Crippen LogP contribution in [-0.4, -0.2) is 11.7 Å². The molecule has 1 aliphatic rings. The lowest BCUT2D eigenvalue weighted by atomic mass is 9.90. The van der Waals surface area contributed by atoms with E-state index in [4.69, 9.17) is 5.11 Å². The van der Waals surface area contributed by atoms with Crippen LogP contribution in [0.5, 0.6) is 0 Å². The van der Waals surface area contributed by atoms with Crippen molar-refractivity contribution >= 4 is 0 Å². The second-order valence-corrected chi connectivity index (χ2v) is 3.08. The van der Waals surface area contributed by atoms with Crippen molar-refractivity contribution in [1.29, 1.82) is 0 Å². The van der Waals surface area contributed by atoms with E-state index in [-0.39, 0.29) is 6.61 Å². The first-order chi connectivity index (χ1) is 5.88. The third-order valence-corrected chi connectivity index (χ3v) is 2.30. The SMILES string of the molecule is CC[C@@H](CO)C1C=CC=CC=C1. The van der Waals surface area contributed by atoms with Gasteiger partial charge in [-0.15, -0.1) is 0 Å². The van der Waals surface area contributed by atoms with Crippen molar-refractivity contribution in [2.24, 2.45) is 11.8 Å². The van der Waals surface area contributed by atoms with Crippen molar-refractivity contribution in [3.63, 3.8) is 0 Å². The van der Waals surface area contributed by atoms with Gasteiger partial charge < -0.3 is 5.11 Å². The minimum atomic E-state index is 0.274. The number of hydrogen-bond donors (Lipinski definition) is 1. The van der Waals surface area contributed by atoms with Crippen molar-refractivity contribution in [2.45, 2.75) is 13.3 Å². The van der Waals surface area contributed by atoms with Gasteiger partial charge in [0.15, 0.2) is 0 Å². The van der Waals surface area contributed by atoms with E-state index >= 15 is 0 Å². The molecule has 1 aliphatic carbocycles. The topological polar surface area (TPSA) is 20.2 Å². The Morgan fingerprint density at radius 1 is 1.17 bits per heavy atom. The highest BCUT2D eigenvalue weighted by Gasteiger charge is 2.13. The normalized spacial score (nSPS) is 19.5. The van der Waals surface area contributed by atoms with Crippen LogP contribution in [0, 0.1) is 11.8 Å². The molecular formula is C11H16O. The molecule has 0 spiro atoms. The standard InChI is InChI=1S/C11H16O/c1-2-10(9-12)11-7-5-3-4-6-8-11/h3-8,10-12H,2,9H2,1H3/t10-/m0/s1. The van der Waals surface area contributed by atoms with Crippen LogP contribution in [0.3, 0.4) is 0 Å². The molecule has 0 radical (unpaired) electrons. The van der Waals surface area contributed by atoms with E-state index in [2.05, 4.69) is 19.1 Å². The van der Waals surface area contributed by atoms with Crippen LogP contribution >= 0.6 is 0 Å². The minimum Gasteiger partial charge on any atom is -0.396 e. The van der Waals surface area contributed by atoms with Crippen LogP contribution in [0.4, 0.5) is 0 Å². The van der Waals surface area contributed by atoms with E-state index in [1.807, 2.05) is 24.3 Å². The fourth-order valence-corrected chi connectivity index (χ4v) is 1.41. The molecule has 0 heterocycles. The van der Waals surface area contributed by atoms with Crippen molar-refractivity contribution in [3.05, 3.63) is 36.5 Å². The average molecular weight is 164 g/mol. The van der Waals surface area contributed by atoms with E-state index in [1.54, 1.807) is 0 Å². The molecule has 1 heteroatoms. The largest absolute Gasteiger partial charge is 0.396 e. The summed E-state index contributed by atoms with van der Waals surface area (Å²) in [5, 5.41) is 9.08. The van der Waals surface area contributed by atoms with E-state index < -0.39 is 0 Å². The molecule has 1 rings (SSSR count). The van der Waals surface area contributed by atoms with Crippen molar-refractivity contribution in [3.8, 4) is 0 Å². The zero-order valence-corrected chi connectivity index (χ0v) is 7.48. The van der Waals surface area contributed by atoms with Gasteiger partial charge in [0.1, 0.15) is 0 Å². The number of hydrogen-bond acceptors (Lipinski definition) is 1. The van der Waals surface area contributed by atoms with Crippen LogP contribution < -0.4 is 0 Å². The molecule has 0 unspecified atom stereocenters. The molecule has 0 bridgehead atoms. The smallest absolute Gasteiger partial charge is 0.0467 e. The molecule has 1 N–H and O–H groups in total. The number of rotatable bonds is 3. The van der Waals surface area contributed by atoms with Crippen molar-refractivity contribution in [2.75, 3.05) is 6.61 Å². The maximum absolute atomic E-state index is 9.08. The highest BCUT2D eigenvalue weighted by molar-refractivity contribution is 5.19. The Bertz CT molecular complexity index is 181. The second-order valence-electron chi connectivity index (χ2n) is 3.08. The number of aliphatic hydroxyl groups is 1. The molecule has 0 amide bonds. The zero-order valence-electron chi connectivity index (χ0n) is 7.48. The molecule has 0 saturated heterocycles. The molecule has 0 aliphatic heterocycles. The summed E-state index contributed by atoms with van der Waals surface area (Å²) in [6.07, 6.45) is 13.4. The molecular weight excluding hydrogens is 148 g/mol. The van der Waals surface area contributed by atoms with Gasteiger partial charge in [0.2, 0.25) is 0 Å². The Morgan fingerprint density at radius 3 is 2.17 bits per heavy atom. The fraction of sp³-hybridized carbons (Fsp3) is 0.455. The van der Waals surface area contributed by atoms with Crippen LogP contribution in [0.1, 0.15) is 13.3 Å². The van der Waals surface area contributed by atoms with Gasteiger partial charge >= 0.3 is 0 Å². The van der Waals surface area contributed by atoms with Gasteiger partial charge in [-0.3, -0.25) is 0 Å². The summed E-state index contributed by atoms with van der Waals surface area (Å²) in [5.74, 6) is 0.771. The monoisotopic (exact) mass is 164 g/mol. The summed E-state index contributed by atoms with van der Waals surface area (Å²) in [5.41, 5.74) is 0. The summed E-state index contributed by atoms with van der Waals surface area (Å²) >= 11 is 0. The third kappa shape index (κ3) is 2.35. The van der Waals surface area contributed by atoms with Crippen LogP contribution in [0.25, 0.3) is 0 Å². The molecule has 12 heavy (non-hydrogen) atoms. The van der Waals surface area contributed by atoms with Crippen molar-refractivity contribution < 1.29 is 5.11 Å². The summed E-state index contributed by atoms with van der Waals surface area (Å²) in [4.78, 5) is 0. The van der Waals surface area contributed by atoms with E-state index in [0.29, 0.717) is 11.8 Å². The maximum atomic E-state index is 9.08. The predicted molar refractivity (Wildman–Crippen MR) is 51.8 cm³/mol. The van der Waals surface area contributed by atoms with Gasteiger partial charge in [0.25, 0.3) is 0 Å². The van der Waals surface area contributed by atoms with Gasteiger partial charge in [0, 0.05) is 12.5 Å². The van der Waals surface area contributed by atoms with E-state index in [0.717, 1.165) is 6.42 Å². The first-order valence-corrected chi connectivity index (χ1v) is 4.51. The summed E-state index contributed by atoms with van der Waals surface area (Å²) in [7, 11) is 0. The summed E-state index contributed by atoms with van der Waals surface area (Å²) < 4.78 is 0. The summed E-state index contributed by atoms with van der Waals surface area (Å²) in [6.45, 7) is 2.39. The molecule has 0 fully saturated rings. The molecule has 0 aromatic heterocycles. The van der Waals surface area contributed by atoms with Crippen LogP contribution in [0.2, 0.25) is 0 Å². The van der Waals surface area contributed by atoms with E-state index in [1.165, 1.54) is 0 Å². The Hall–Kier alpha value is -0.820. The van der Waals surface area contributed by atoms with Gasteiger partial charge in [-0.05, 0) is 5.92 Å². The lowest BCUT2D eigenvalue weighted by Gasteiger charge is -2.17. The van der Waals surface area contributed by atoms with Crippen LogP contribution in [-0.2, 0) is 0 Å². The fourth-order valence-electron chi connectivity index (χ4n) is 1.41. The predicted octanol–water partition coefficient (Wildman–Crippen LogP) is 2.30. The molecule has 0 aromatic carbocycles. The van der Waals surface area contributed by atoms with Gasteiger partial charge in [0.05, 0.1) is 0 Å². The lowest BCUT2D eigenvalue weighted by molar-refractivity contribution is 0.204. The first kappa shape index (κ1) is 9.27. The van der Waals surface area contributed by atoms with Gasteiger partial charge in [-0.1, -0.05) is 49.8 Å². The maximum Gasteiger partial charge on any atom is 0.0467 e. The number of allylic oxidation sites excluding steroid dienone is 6. The van der Waals surface area contributed by atoms with E-state index in [9.17, 15) is 0 Å². The minimum absolute atomic E-state index is 0.274. The second kappa shape index (κ2) is 4.94. The van der Waals surface area contributed by atoms with Gasteiger partial charge in [-0.2, -0.15) is 0 Å². The molecule has 66 valence electrons. The Balaban J connectivity index is 2.61. The Kier molecular flexibility index (Phi) is 3.81. The van der Waals surface area contributed by atoms with Gasteiger partial charge in [-0.25, -0.2) is 0 Å². The highest BCUT2D eigenvalue weighted by Crippen LogP contribution is 2.19. The Labute approximate surface area is 74.1 Å². The zero-order chi connectivity index (χ0) is 8.81. The van der Waals surface area contributed by atoms with Crippen molar-refractivity contribution in [1.82, 2.24) is 0 Å². The third-order valence-electron chi connectivity index (χ3n) is 2.30. The Morgan fingerprint density at radius 2 is 1.75 bits per heavy atom. The first-order valence-electron chi connectivity index (χ1n) is 4.51. The average Bonchev–Trinajstić information content (AvgIpc) is 2.35. The number of aliphatic hydroxyl groups excluding tert-OH is 1. The summed E-state index contributed by atoms with van der Waals surface area (Å²) in [6, 6.07) is 0. The molecule has 1 nitrogen and oxygen atoms in total. The molecule has 1 atom stereocenters. The molecule has 0 aromatic rings. The lowest BCUT2D eigenvalue weighted by Crippen LogP contribution is -2.13. The quantitative estimate of drug-likeness (QED) is 0.678. The van der Waals surface area contributed by atoms with Crippen LogP contribution in [0.15, 0.2) is 36.5 Å². The highest BCUT2D eigenvalue weighted by atomic mass is 16.3. The molecule has 0 saturated carbocycles.